The minimum absolute atomic E-state index is 0.0795. The van der Waals surface area contributed by atoms with Crippen molar-refractivity contribution in [1.29, 1.82) is 0 Å². The van der Waals surface area contributed by atoms with Gasteiger partial charge in [0.1, 0.15) is 0 Å². The van der Waals surface area contributed by atoms with Crippen molar-refractivity contribution in [3.8, 4) is 11.5 Å². The lowest BCUT2D eigenvalue weighted by Gasteiger charge is -2.20. The molecule has 0 saturated carbocycles. The number of methoxy groups -OCH3 is 1. The molecule has 1 fully saturated rings. The van der Waals surface area contributed by atoms with Gasteiger partial charge in [-0.05, 0) is 42.1 Å². The first-order valence-corrected chi connectivity index (χ1v) is 9.69. The van der Waals surface area contributed by atoms with Gasteiger partial charge in [-0.15, -0.1) is 0 Å². The van der Waals surface area contributed by atoms with Gasteiger partial charge in [-0.25, -0.2) is 4.79 Å². The van der Waals surface area contributed by atoms with Gasteiger partial charge in [0.05, 0.1) is 7.11 Å². The number of carbonyl (C=O) groups is 1. The Morgan fingerprint density at radius 2 is 2.07 bits per heavy atom. The maximum Gasteiger partial charge on any atom is 0.317 e. The van der Waals surface area contributed by atoms with E-state index < -0.39 is 0 Å². The summed E-state index contributed by atoms with van der Waals surface area (Å²) in [5.41, 5.74) is 2.25. The number of hydrogen-bond acceptors (Lipinski definition) is 4. The highest BCUT2D eigenvalue weighted by Crippen LogP contribution is 2.27. The number of amides is 2. The van der Waals surface area contributed by atoms with Gasteiger partial charge in [-0.3, -0.25) is 0 Å². The molecule has 3 rings (SSSR count). The number of phenols is 1. The van der Waals surface area contributed by atoms with Crippen molar-refractivity contribution in [2.75, 3.05) is 40.3 Å². The van der Waals surface area contributed by atoms with Gasteiger partial charge >= 0.3 is 6.03 Å². The first-order chi connectivity index (χ1) is 13.6. The number of rotatable bonds is 7. The summed E-state index contributed by atoms with van der Waals surface area (Å²) in [6.45, 7) is 4.01. The highest BCUT2D eigenvalue weighted by Gasteiger charge is 2.23. The first-order valence-electron chi connectivity index (χ1n) is 9.69. The van der Waals surface area contributed by atoms with Crippen LogP contribution in [0, 0.1) is 0 Å². The molecule has 0 bridgehead atoms. The van der Waals surface area contributed by atoms with Crippen LogP contribution in [-0.4, -0.2) is 61.3 Å². The molecule has 2 aromatic carbocycles. The lowest BCUT2D eigenvalue weighted by molar-refractivity contribution is 0.204. The molecular formula is C22H29N3O3. The van der Waals surface area contributed by atoms with Crippen LogP contribution in [0.4, 0.5) is 4.79 Å². The number of likely N-dealkylation sites (tertiary alicyclic amines) is 1. The second-order valence-electron chi connectivity index (χ2n) is 7.29. The van der Waals surface area contributed by atoms with Crippen LogP contribution >= 0.6 is 0 Å². The van der Waals surface area contributed by atoms with Gasteiger partial charge in [0.15, 0.2) is 11.5 Å². The van der Waals surface area contributed by atoms with E-state index in [9.17, 15) is 9.90 Å². The van der Waals surface area contributed by atoms with Crippen LogP contribution in [0.25, 0.3) is 0 Å². The Kier molecular flexibility index (Phi) is 6.76. The van der Waals surface area contributed by atoms with Gasteiger partial charge in [0.2, 0.25) is 0 Å². The Hall–Kier alpha value is -2.73. The van der Waals surface area contributed by atoms with E-state index in [0.717, 1.165) is 25.2 Å². The van der Waals surface area contributed by atoms with Crippen LogP contribution in [0.15, 0.2) is 48.5 Å². The molecule has 1 saturated heterocycles. The summed E-state index contributed by atoms with van der Waals surface area (Å²) in [6.07, 6.45) is 1.17. The van der Waals surface area contributed by atoms with Crippen molar-refractivity contribution < 1.29 is 14.6 Å². The number of urea groups is 1. The Morgan fingerprint density at radius 3 is 2.79 bits per heavy atom. The van der Waals surface area contributed by atoms with Crippen LogP contribution < -0.4 is 10.1 Å². The fourth-order valence-electron chi connectivity index (χ4n) is 3.67. The van der Waals surface area contributed by atoms with Crippen molar-refractivity contribution in [3.05, 3.63) is 59.7 Å². The molecule has 2 N–H and O–H groups in total. The monoisotopic (exact) mass is 383 g/mol. The van der Waals surface area contributed by atoms with E-state index in [1.165, 1.54) is 19.1 Å². The third-order valence-electron chi connectivity index (χ3n) is 5.26. The molecule has 150 valence electrons. The van der Waals surface area contributed by atoms with Gasteiger partial charge in [0.25, 0.3) is 0 Å². The Labute approximate surface area is 166 Å². The smallest absolute Gasteiger partial charge is 0.317 e. The molecule has 6 heteroatoms. The summed E-state index contributed by atoms with van der Waals surface area (Å²) in [5.74, 6) is 1.09. The van der Waals surface area contributed by atoms with Crippen molar-refractivity contribution in [2.24, 2.45) is 0 Å². The van der Waals surface area contributed by atoms with Crippen molar-refractivity contribution in [2.45, 2.75) is 18.9 Å². The molecule has 2 aromatic rings. The van der Waals surface area contributed by atoms with Gasteiger partial charge in [0, 0.05) is 33.2 Å². The van der Waals surface area contributed by atoms with E-state index >= 15 is 0 Å². The minimum atomic E-state index is -0.117. The lowest BCUT2D eigenvalue weighted by atomic mass is 9.99. The lowest BCUT2D eigenvalue weighted by Crippen LogP contribution is -2.40. The third-order valence-corrected chi connectivity index (χ3v) is 5.26. The zero-order valence-electron chi connectivity index (χ0n) is 16.6. The number of benzene rings is 2. The second-order valence-corrected chi connectivity index (χ2v) is 7.29. The number of nitrogens with one attached hydrogen (secondary N) is 1. The molecule has 1 atom stereocenters. The largest absolute Gasteiger partial charge is 0.504 e. The van der Waals surface area contributed by atoms with Crippen LogP contribution in [0.1, 0.15) is 23.5 Å². The molecule has 0 aliphatic carbocycles. The molecule has 1 aliphatic rings. The standard InChI is InChI=1S/C22H29N3O3/c1-24(15-17-8-9-21(28-2)20(26)14-17)22(27)23-11-13-25-12-10-19(16-25)18-6-4-3-5-7-18/h3-9,14,19,26H,10-13,15-16H2,1-2H3,(H,23,27). The van der Waals surface area contributed by atoms with Crippen LogP contribution in [0.2, 0.25) is 0 Å². The molecule has 0 aromatic heterocycles. The van der Waals surface area contributed by atoms with Gasteiger partial charge in [-0.1, -0.05) is 36.4 Å². The highest BCUT2D eigenvalue weighted by molar-refractivity contribution is 5.73. The Bertz CT molecular complexity index is 782. The molecular weight excluding hydrogens is 354 g/mol. The average Bonchev–Trinajstić information content (AvgIpc) is 3.17. The summed E-state index contributed by atoms with van der Waals surface area (Å²) in [4.78, 5) is 16.3. The second kappa shape index (κ2) is 9.46. The topological polar surface area (TPSA) is 65.0 Å². The zero-order valence-corrected chi connectivity index (χ0v) is 16.6. The molecule has 28 heavy (non-hydrogen) atoms. The van der Waals surface area contributed by atoms with E-state index in [2.05, 4.69) is 40.5 Å². The Morgan fingerprint density at radius 1 is 1.29 bits per heavy atom. The molecule has 1 aliphatic heterocycles. The summed E-state index contributed by atoms with van der Waals surface area (Å²) < 4.78 is 5.04. The predicted octanol–water partition coefficient (Wildman–Crippen LogP) is 3.03. The van der Waals surface area contributed by atoms with E-state index in [1.807, 2.05) is 6.07 Å². The van der Waals surface area contributed by atoms with Crippen LogP contribution in [-0.2, 0) is 6.54 Å². The van der Waals surface area contributed by atoms with E-state index in [0.29, 0.717) is 24.8 Å². The molecule has 0 spiro atoms. The number of ether oxygens (including phenoxy) is 1. The molecule has 6 nitrogen and oxygen atoms in total. The van der Waals surface area contributed by atoms with Crippen LogP contribution in [0.5, 0.6) is 11.5 Å². The molecule has 1 heterocycles. The van der Waals surface area contributed by atoms with E-state index in [1.54, 1.807) is 24.1 Å². The fourth-order valence-corrected chi connectivity index (χ4v) is 3.67. The third kappa shape index (κ3) is 5.16. The van der Waals surface area contributed by atoms with E-state index in [4.69, 9.17) is 4.74 Å². The SMILES string of the molecule is COc1ccc(CN(C)C(=O)NCCN2CCC(c3ccccc3)C2)cc1O. The fraction of sp³-hybridized carbons (Fsp3) is 0.409. The number of nitrogens with zero attached hydrogens (tertiary/aromatic N) is 2. The first kappa shape index (κ1) is 20.0. The quantitative estimate of drug-likeness (QED) is 0.771. The van der Waals surface area contributed by atoms with Crippen molar-refractivity contribution in [1.82, 2.24) is 15.1 Å². The average molecular weight is 383 g/mol. The molecule has 0 radical (unpaired) electrons. The molecule has 2 amide bonds. The highest BCUT2D eigenvalue weighted by atomic mass is 16.5. The zero-order chi connectivity index (χ0) is 19.9. The minimum Gasteiger partial charge on any atom is -0.504 e. The maximum absolute atomic E-state index is 12.3. The molecule has 1 unspecified atom stereocenters. The van der Waals surface area contributed by atoms with Crippen LogP contribution in [0.3, 0.4) is 0 Å². The summed E-state index contributed by atoms with van der Waals surface area (Å²) in [5, 5.41) is 12.8. The normalized spacial score (nSPS) is 16.7. The number of phenolic OH excluding ortho intramolecular Hbond substituents is 1. The summed E-state index contributed by atoms with van der Waals surface area (Å²) in [6, 6.07) is 15.7. The van der Waals surface area contributed by atoms with Crippen molar-refractivity contribution in [3.63, 3.8) is 0 Å². The summed E-state index contributed by atoms with van der Waals surface area (Å²) >= 11 is 0. The number of carbonyl (C=O) groups excluding carboxylic acids is 1. The van der Waals surface area contributed by atoms with Crippen molar-refractivity contribution >= 4 is 6.03 Å². The Balaban J connectivity index is 1.40. The predicted molar refractivity (Wildman–Crippen MR) is 110 cm³/mol. The summed E-state index contributed by atoms with van der Waals surface area (Å²) in [7, 11) is 3.26. The maximum atomic E-state index is 12.3. The number of aromatic hydroxyl groups is 1. The van der Waals surface area contributed by atoms with E-state index in [-0.39, 0.29) is 11.8 Å². The van der Waals surface area contributed by atoms with Gasteiger partial charge < -0.3 is 25.0 Å². The van der Waals surface area contributed by atoms with Gasteiger partial charge in [-0.2, -0.15) is 0 Å². The number of hydrogen-bond donors (Lipinski definition) is 2.